The van der Waals surface area contributed by atoms with Gasteiger partial charge in [0.15, 0.2) is 0 Å². The second-order valence-electron chi connectivity index (χ2n) is 3.31. The van der Waals surface area contributed by atoms with Crippen molar-refractivity contribution in [2.75, 3.05) is 11.9 Å². The van der Waals surface area contributed by atoms with Gasteiger partial charge in [0.25, 0.3) is 0 Å². The van der Waals surface area contributed by atoms with Gasteiger partial charge in [-0.1, -0.05) is 19.1 Å². The Morgan fingerprint density at radius 3 is 2.47 bits per heavy atom. The largest absolute Gasteiger partial charge is 0.315 e. The van der Waals surface area contributed by atoms with Crippen LogP contribution in [0.4, 0.5) is 5.69 Å². The number of carbonyl (C=O) groups excluding carboxylic acids is 1. The summed E-state index contributed by atoms with van der Waals surface area (Å²) in [4.78, 5) is 12.9. The molecule has 0 atom stereocenters. The van der Waals surface area contributed by atoms with Gasteiger partial charge in [0.05, 0.1) is 6.07 Å². The number of benzene rings is 1. The third-order valence-corrected chi connectivity index (χ3v) is 2.34. The second-order valence-corrected chi connectivity index (χ2v) is 3.31. The van der Waals surface area contributed by atoms with Crippen molar-refractivity contribution in [3.05, 3.63) is 29.8 Å². The van der Waals surface area contributed by atoms with Crippen LogP contribution in [0.15, 0.2) is 24.3 Å². The summed E-state index contributed by atoms with van der Waals surface area (Å²) in [6.45, 7) is 2.08. The predicted octanol–water partition coefficient (Wildman–Crippen LogP) is 2.13. The van der Waals surface area contributed by atoms with Crippen LogP contribution in [-0.2, 0) is 11.2 Å². The Labute approximate surface area is 89.9 Å². The maximum atomic E-state index is 11.4. The molecule has 1 rings (SSSR count). The van der Waals surface area contributed by atoms with Gasteiger partial charge < -0.3 is 4.90 Å². The number of carbonyl (C=O) groups is 1. The lowest BCUT2D eigenvalue weighted by Gasteiger charge is -2.15. The van der Waals surface area contributed by atoms with E-state index in [1.54, 1.807) is 7.05 Å². The highest BCUT2D eigenvalue weighted by atomic mass is 16.2. The Morgan fingerprint density at radius 1 is 1.40 bits per heavy atom. The highest BCUT2D eigenvalue weighted by Gasteiger charge is 2.09. The van der Waals surface area contributed by atoms with Crippen molar-refractivity contribution < 1.29 is 4.79 Å². The van der Waals surface area contributed by atoms with E-state index in [2.05, 4.69) is 6.92 Å². The van der Waals surface area contributed by atoms with Crippen molar-refractivity contribution >= 4 is 11.6 Å². The Balaban J connectivity index is 2.79. The van der Waals surface area contributed by atoms with Crippen LogP contribution in [0.5, 0.6) is 0 Å². The zero-order valence-electron chi connectivity index (χ0n) is 9.03. The molecule has 78 valence electrons. The molecule has 0 fully saturated rings. The number of amides is 1. The Morgan fingerprint density at radius 2 is 2.00 bits per heavy atom. The lowest BCUT2D eigenvalue weighted by Crippen LogP contribution is -2.25. The topological polar surface area (TPSA) is 44.1 Å². The van der Waals surface area contributed by atoms with E-state index in [0.29, 0.717) is 0 Å². The summed E-state index contributed by atoms with van der Waals surface area (Å²) in [6, 6.07) is 9.63. The van der Waals surface area contributed by atoms with Crippen LogP contribution in [0, 0.1) is 11.3 Å². The average Bonchev–Trinajstić information content (AvgIpc) is 2.28. The molecule has 0 aromatic heterocycles. The van der Waals surface area contributed by atoms with E-state index in [1.807, 2.05) is 30.3 Å². The SMILES string of the molecule is CCc1ccc(N(C)C(=O)CC#N)cc1. The molecular weight excluding hydrogens is 188 g/mol. The molecule has 0 unspecified atom stereocenters. The van der Waals surface area contributed by atoms with Crippen LogP contribution in [0.25, 0.3) is 0 Å². The fourth-order valence-corrected chi connectivity index (χ4v) is 1.29. The highest BCUT2D eigenvalue weighted by Crippen LogP contribution is 2.14. The molecule has 0 aliphatic rings. The summed E-state index contributed by atoms with van der Waals surface area (Å²) in [5.74, 6) is -0.179. The molecule has 1 amide bonds. The van der Waals surface area contributed by atoms with Crippen molar-refractivity contribution in [3.8, 4) is 6.07 Å². The molecular formula is C12H14N2O. The monoisotopic (exact) mass is 202 g/mol. The minimum Gasteiger partial charge on any atom is -0.315 e. The summed E-state index contributed by atoms with van der Waals surface area (Å²) in [5.41, 5.74) is 2.06. The minimum atomic E-state index is -0.179. The lowest BCUT2D eigenvalue weighted by atomic mass is 10.1. The van der Waals surface area contributed by atoms with Gasteiger partial charge in [0.1, 0.15) is 6.42 Å². The van der Waals surface area contributed by atoms with Gasteiger partial charge in [-0.15, -0.1) is 0 Å². The maximum Gasteiger partial charge on any atom is 0.240 e. The van der Waals surface area contributed by atoms with E-state index in [0.717, 1.165) is 12.1 Å². The molecule has 0 saturated heterocycles. The van der Waals surface area contributed by atoms with Gasteiger partial charge in [0, 0.05) is 12.7 Å². The van der Waals surface area contributed by atoms with Gasteiger partial charge in [-0.2, -0.15) is 5.26 Å². The van der Waals surface area contributed by atoms with E-state index in [-0.39, 0.29) is 12.3 Å². The van der Waals surface area contributed by atoms with E-state index >= 15 is 0 Å². The number of hydrogen-bond acceptors (Lipinski definition) is 2. The standard InChI is InChI=1S/C12H14N2O/c1-3-10-4-6-11(7-5-10)14(2)12(15)8-9-13/h4-7H,3,8H2,1-2H3. The van der Waals surface area contributed by atoms with Crippen molar-refractivity contribution in [1.82, 2.24) is 0 Å². The number of anilines is 1. The van der Waals surface area contributed by atoms with Crippen LogP contribution >= 0.6 is 0 Å². The first-order chi connectivity index (χ1) is 7.19. The highest BCUT2D eigenvalue weighted by molar-refractivity contribution is 5.93. The quantitative estimate of drug-likeness (QED) is 0.753. The van der Waals surface area contributed by atoms with Crippen molar-refractivity contribution in [1.29, 1.82) is 5.26 Å². The molecule has 0 bridgehead atoms. The molecule has 0 heterocycles. The van der Waals surface area contributed by atoms with Crippen LogP contribution in [0.1, 0.15) is 18.9 Å². The van der Waals surface area contributed by atoms with E-state index < -0.39 is 0 Å². The second kappa shape index (κ2) is 5.16. The number of hydrogen-bond donors (Lipinski definition) is 0. The predicted molar refractivity (Wildman–Crippen MR) is 59.5 cm³/mol. The molecule has 0 aliphatic carbocycles. The minimum absolute atomic E-state index is 0.0774. The molecule has 1 aromatic rings. The van der Waals surface area contributed by atoms with Crippen LogP contribution in [-0.4, -0.2) is 13.0 Å². The first kappa shape index (κ1) is 11.3. The molecule has 1 aromatic carbocycles. The first-order valence-electron chi connectivity index (χ1n) is 4.91. The number of nitrogens with zero attached hydrogens (tertiary/aromatic N) is 2. The van der Waals surface area contributed by atoms with Gasteiger partial charge in [-0.3, -0.25) is 4.79 Å². The molecule has 15 heavy (non-hydrogen) atoms. The molecule has 3 heteroatoms. The molecule has 3 nitrogen and oxygen atoms in total. The zero-order chi connectivity index (χ0) is 11.3. The summed E-state index contributed by atoms with van der Waals surface area (Å²) in [6.07, 6.45) is 0.905. The summed E-state index contributed by atoms with van der Waals surface area (Å²) in [5, 5.41) is 8.42. The maximum absolute atomic E-state index is 11.4. The average molecular weight is 202 g/mol. The van der Waals surface area contributed by atoms with E-state index in [9.17, 15) is 4.79 Å². The number of aryl methyl sites for hydroxylation is 1. The Bertz CT molecular complexity index is 376. The fourth-order valence-electron chi connectivity index (χ4n) is 1.29. The van der Waals surface area contributed by atoms with Crippen molar-refractivity contribution in [2.45, 2.75) is 19.8 Å². The molecule has 0 radical (unpaired) electrons. The van der Waals surface area contributed by atoms with Gasteiger partial charge in [0.2, 0.25) is 5.91 Å². The summed E-state index contributed by atoms with van der Waals surface area (Å²) < 4.78 is 0. The third-order valence-electron chi connectivity index (χ3n) is 2.34. The zero-order valence-corrected chi connectivity index (χ0v) is 9.03. The van der Waals surface area contributed by atoms with Crippen molar-refractivity contribution in [3.63, 3.8) is 0 Å². The molecule has 0 saturated carbocycles. The molecule has 0 N–H and O–H groups in total. The first-order valence-corrected chi connectivity index (χ1v) is 4.91. The third kappa shape index (κ3) is 2.81. The van der Waals surface area contributed by atoms with E-state index in [1.165, 1.54) is 10.5 Å². The van der Waals surface area contributed by atoms with Gasteiger partial charge in [-0.25, -0.2) is 0 Å². The smallest absolute Gasteiger partial charge is 0.240 e. The van der Waals surface area contributed by atoms with Crippen LogP contribution in [0.2, 0.25) is 0 Å². The fraction of sp³-hybridized carbons (Fsp3) is 0.333. The molecule has 0 spiro atoms. The van der Waals surface area contributed by atoms with Crippen LogP contribution in [0.3, 0.4) is 0 Å². The Hall–Kier alpha value is -1.82. The van der Waals surface area contributed by atoms with Crippen LogP contribution < -0.4 is 4.90 Å². The van der Waals surface area contributed by atoms with Crippen molar-refractivity contribution in [2.24, 2.45) is 0 Å². The Kier molecular flexibility index (Phi) is 3.87. The number of nitriles is 1. The molecule has 0 aliphatic heterocycles. The van der Waals surface area contributed by atoms with E-state index in [4.69, 9.17) is 5.26 Å². The summed E-state index contributed by atoms with van der Waals surface area (Å²) >= 11 is 0. The lowest BCUT2D eigenvalue weighted by molar-refractivity contribution is -0.117. The normalized spacial score (nSPS) is 9.40. The van der Waals surface area contributed by atoms with Gasteiger partial charge >= 0.3 is 0 Å². The van der Waals surface area contributed by atoms with Gasteiger partial charge in [-0.05, 0) is 24.1 Å². The summed E-state index contributed by atoms with van der Waals surface area (Å²) in [7, 11) is 1.68. The number of rotatable bonds is 3.